The van der Waals surface area contributed by atoms with Gasteiger partial charge in [0.15, 0.2) is 5.78 Å². The summed E-state index contributed by atoms with van der Waals surface area (Å²) in [6, 6.07) is 20.5. The lowest BCUT2D eigenvalue weighted by molar-refractivity contribution is 0.0734. The highest BCUT2D eigenvalue weighted by Gasteiger charge is 2.11. The molecule has 5 heteroatoms. The molecule has 3 aromatic rings. The standard InChI is InChI=1S/C24H20O5/c1-27-20-12-7-17(8-13-20)22(25)16-11-18-5-3-4-6-23(18)29-24(26)19-9-14-21(28-2)15-10-19/h3-16H,1-2H3. The van der Waals surface area contributed by atoms with Crippen LogP contribution in [0.2, 0.25) is 0 Å². The van der Waals surface area contributed by atoms with Crippen LogP contribution in [0.1, 0.15) is 26.3 Å². The van der Waals surface area contributed by atoms with Gasteiger partial charge in [-0.1, -0.05) is 18.2 Å². The predicted molar refractivity (Wildman–Crippen MR) is 111 cm³/mol. The summed E-state index contributed by atoms with van der Waals surface area (Å²) in [6.45, 7) is 0. The van der Waals surface area contributed by atoms with Crippen molar-refractivity contribution in [2.45, 2.75) is 0 Å². The van der Waals surface area contributed by atoms with Crippen molar-refractivity contribution in [1.82, 2.24) is 0 Å². The van der Waals surface area contributed by atoms with Crippen LogP contribution >= 0.6 is 0 Å². The predicted octanol–water partition coefficient (Wildman–Crippen LogP) is 4.82. The van der Waals surface area contributed by atoms with Crippen LogP contribution in [0.15, 0.2) is 78.9 Å². The van der Waals surface area contributed by atoms with Crippen LogP contribution < -0.4 is 14.2 Å². The molecule has 5 nitrogen and oxygen atoms in total. The molecule has 0 fully saturated rings. The third-order valence-corrected chi connectivity index (χ3v) is 4.24. The normalized spacial score (nSPS) is 10.6. The molecular weight excluding hydrogens is 368 g/mol. The molecule has 0 unspecified atom stereocenters. The van der Waals surface area contributed by atoms with Gasteiger partial charge in [0, 0.05) is 11.1 Å². The molecule has 0 saturated carbocycles. The lowest BCUT2D eigenvalue weighted by Crippen LogP contribution is -2.09. The summed E-state index contributed by atoms with van der Waals surface area (Å²) in [5.41, 5.74) is 1.56. The second-order valence-corrected chi connectivity index (χ2v) is 6.08. The van der Waals surface area contributed by atoms with Crippen molar-refractivity contribution < 1.29 is 23.8 Å². The average Bonchev–Trinajstić information content (AvgIpc) is 2.78. The van der Waals surface area contributed by atoms with E-state index in [9.17, 15) is 9.59 Å². The maximum absolute atomic E-state index is 12.4. The second-order valence-electron chi connectivity index (χ2n) is 6.08. The van der Waals surface area contributed by atoms with E-state index in [1.165, 1.54) is 6.08 Å². The van der Waals surface area contributed by atoms with Crippen molar-refractivity contribution in [3.05, 3.63) is 95.6 Å². The molecule has 0 aliphatic carbocycles. The largest absolute Gasteiger partial charge is 0.497 e. The van der Waals surface area contributed by atoms with E-state index in [0.717, 1.165) is 0 Å². The molecule has 3 rings (SSSR count). The Kier molecular flexibility index (Phi) is 6.43. The van der Waals surface area contributed by atoms with Gasteiger partial charge in [-0.15, -0.1) is 0 Å². The van der Waals surface area contributed by atoms with Crippen LogP contribution in [-0.4, -0.2) is 26.0 Å². The highest BCUT2D eigenvalue weighted by atomic mass is 16.5. The van der Waals surface area contributed by atoms with Crippen molar-refractivity contribution in [1.29, 1.82) is 0 Å². The molecule has 0 N–H and O–H groups in total. The maximum atomic E-state index is 12.4. The van der Waals surface area contributed by atoms with E-state index in [1.807, 2.05) is 6.07 Å². The van der Waals surface area contributed by atoms with E-state index in [-0.39, 0.29) is 5.78 Å². The zero-order valence-corrected chi connectivity index (χ0v) is 16.1. The van der Waals surface area contributed by atoms with Gasteiger partial charge in [-0.05, 0) is 66.7 Å². The van der Waals surface area contributed by atoms with Crippen LogP contribution in [0.25, 0.3) is 6.08 Å². The summed E-state index contributed by atoms with van der Waals surface area (Å²) in [7, 11) is 3.13. The smallest absolute Gasteiger partial charge is 0.343 e. The molecule has 0 atom stereocenters. The Bertz CT molecular complexity index is 1020. The van der Waals surface area contributed by atoms with Crippen molar-refractivity contribution in [2.75, 3.05) is 14.2 Å². The highest BCUT2D eigenvalue weighted by Crippen LogP contribution is 2.22. The Morgan fingerprint density at radius 1 is 0.724 bits per heavy atom. The van der Waals surface area contributed by atoms with Crippen molar-refractivity contribution in [3.8, 4) is 17.2 Å². The number of esters is 1. The number of rotatable bonds is 7. The molecule has 0 spiro atoms. The molecule has 0 amide bonds. The summed E-state index contributed by atoms with van der Waals surface area (Å²) in [4.78, 5) is 24.8. The number of benzene rings is 3. The van der Waals surface area contributed by atoms with Gasteiger partial charge in [0.1, 0.15) is 17.2 Å². The number of ketones is 1. The number of para-hydroxylation sites is 1. The number of carbonyl (C=O) groups is 2. The van der Waals surface area contributed by atoms with Gasteiger partial charge < -0.3 is 14.2 Å². The Morgan fingerprint density at radius 2 is 1.28 bits per heavy atom. The van der Waals surface area contributed by atoms with E-state index in [1.54, 1.807) is 87.0 Å². The first-order valence-electron chi connectivity index (χ1n) is 8.92. The maximum Gasteiger partial charge on any atom is 0.343 e. The van der Waals surface area contributed by atoms with Crippen LogP contribution in [0.3, 0.4) is 0 Å². The highest BCUT2D eigenvalue weighted by molar-refractivity contribution is 6.07. The van der Waals surface area contributed by atoms with Crippen molar-refractivity contribution >= 4 is 17.8 Å². The van der Waals surface area contributed by atoms with Gasteiger partial charge in [-0.3, -0.25) is 4.79 Å². The van der Waals surface area contributed by atoms with Gasteiger partial charge in [0.25, 0.3) is 0 Å². The molecular formula is C24H20O5. The molecule has 0 aliphatic heterocycles. The third kappa shape index (κ3) is 5.11. The fourth-order valence-corrected chi connectivity index (χ4v) is 2.61. The fraction of sp³-hybridized carbons (Fsp3) is 0.0833. The molecule has 0 saturated heterocycles. The molecule has 0 bridgehead atoms. The molecule has 3 aromatic carbocycles. The summed E-state index contributed by atoms with van der Waals surface area (Å²) < 4.78 is 15.7. The minimum atomic E-state index is -0.491. The van der Waals surface area contributed by atoms with Gasteiger partial charge in [0.05, 0.1) is 19.8 Å². The monoisotopic (exact) mass is 388 g/mol. The minimum absolute atomic E-state index is 0.163. The summed E-state index contributed by atoms with van der Waals surface area (Å²) >= 11 is 0. The van der Waals surface area contributed by atoms with Gasteiger partial charge >= 0.3 is 5.97 Å². The zero-order chi connectivity index (χ0) is 20.6. The van der Waals surface area contributed by atoms with Crippen LogP contribution in [0.5, 0.6) is 17.2 Å². The van der Waals surface area contributed by atoms with Crippen molar-refractivity contribution in [2.24, 2.45) is 0 Å². The molecule has 0 heterocycles. The first-order valence-corrected chi connectivity index (χ1v) is 8.92. The SMILES string of the molecule is COc1ccc(C(=O)C=Cc2ccccc2OC(=O)c2ccc(OC)cc2)cc1. The number of hydrogen-bond donors (Lipinski definition) is 0. The topological polar surface area (TPSA) is 61.8 Å². The molecule has 0 aromatic heterocycles. The molecule has 29 heavy (non-hydrogen) atoms. The number of methoxy groups -OCH3 is 2. The lowest BCUT2D eigenvalue weighted by atomic mass is 10.1. The first kappa shape index (κ1) is 19.9. The van der Waals surface area contributed by atoms with Crippen molar-refractivity contribution in [3.63, 3.8) is 0 Å². The number of hydrogen-bond acceptors (Lipinski definition) is 5. The number of carbonyl (C=O) groups excluding carboxylic acids is 2. The van der Waals surface area contributed by atoms with E-state index in [0.29, 0.717) is 33.9 Å². The number of allylic oxidation sites excluding steroid dienone is 1. The lowest BCUT2D eigenvalue weighted by Gasteiger charge is -2.08. The summed E-state index contributed by atoms with van der Waals surface area (Å²) in [6.07, 6.45) is 3.07. The van der Waals surface area contributed by atoms with E-state index in [4.69, 9.17) is 14.2 Å². The minimum Gasteiger partial charge on any atom is -0.497 e. The van der Waals surface area contributed by atoms with Crippen LogP contribution in [0.4, 0.5) is 0 Å². The van der Waals surface area contributed by atoms with Gasteiger partial charge in [0.2, 0.25) is 0 Å². The van der Waals surface area contributed by atoms with Crippen LogP contribution in [-0.2, 0) is 0 Å². The molecule has 0 aliphatic rings. The summed E-state index contributed by atoms with van der Waals surface area (Å²) in [5, 5.41) is 0. The third-order valence-electron chi connectivity index (χ3n) is 4.24. The Hall–Kier alpha value is -3.86. The summed E-state index contributed by atoms with van der Waals surface area (Å²) in [5.74, 6) is 1.05. The zero-order valence-electron chi connectivity index (χ0n) is 16.1. The van der Waals surface area contributed by atoms with E-state index in [2.05, 4.69) is 0 Å². The Labute approximate surface area is 169 Å². The fourth-order valence-electron chi connectivity index (χ4n) is 2.61. The van der Waals surface area contributed by atoms with E-state index >= 15 is 0 Å². The Balaban J connectivity index is 1.74. The second kappa shape index (κ2) is 9.37. The molecule has 0 radical (unpaired) electrons. The quantitative estimate of drug-likeness (QED) is 0.251. The van der Waals surface area contributed by atoms with E-state index < -0.39 is 5.97 Å². The number of ether oxygens (including phenoxy) is 3. The van der Waals surface area contributed by atoms with Gasteiger partial charge in [-0.25, -0.2) is 4.79 Å². The Morgan fingerprint density at radius 3 is 1.86 bits per heavy atom. The first-order chi connectivity index (χ1) is 14.1. The van der Waals surface area contributed by atoms with Crippen LogP contribution in [0, 0.1) is 0 Å². The van der Waals surface area contributed by atoms with Gasteiger partial charge in [-0.2, -0.15) is 0 Å². The molecule has 146 valence electrons. The average molecular weight is 388 g/mol.